The first kappa shape index (κ1) is 9.90. The summed E-state index contributed by atoms with van der Waals surface area (Å²) in [5.74, 6) is -0.717. The van der Waals surface area contributed by atoms with Gasteiger partial charge in [-0.3, -0.25) is 0 Å². The minimum atomic E-state index is -0.717. The summed E-state index contributed by atoms with van der Waals surface area (Å²) < 4.78 is 16.8. The molecular formula is C9H15BrO3. The third kappa shape index (κ3) is 1.91. The first-order chi connectivity index (χ1) is 6.18. The van der Waals surface area contributed by atoms with Crippen LogP contribution in [-0.2, 0) is 14.2 Å². The van der Waals surface area contributed by atoms with Gasteiger partial charge in [-0.25, -0.2) is 0 Å². The van der Waals surface area contributed by atoms with E-state index in [1.54, 1.807) is 0 Å². The van der Waals surface area contributed by atoms with Crippen molar-refractivity contribution in [2.75, 3.05) is 25.2 Å². The maximum atomic E-state index is 5.60. The Balaban J connectivity index is 1.95. The quantitative estimate of drug-likeness (QED) is 0.717. The molecule has 4 heteroatoms. The molecular weight excluding hydrogens is 236 g/mol. The molecule has 0 aromatic heterocycles. The molecule has 0 radical (unpaired) electrons. The lowest BCUT2D eigenvalue weighted by Gasteiger charge is -2.50. The maximum absolute atomic E-state index is 5.60. The molecule has 3 nitrogen and oxygen atoms in total. The molecule has 0 saturated carbocycles. The van der Waals surface area contributed by atoms with E-state index < -0.39 is 5.97 Å². The molecule has 3 aliphatic heterocycles. The van der Waals surface area contributed by atoms with Crippen molar-refractivity contribution in [3.8, 4) is 0 Å². The Hall–Kier alpha value is 0.360. The molecule has 0 unspecified atom stereocenters. The summed E-state index contributed by atoms with van der Waals surface area (Å²) in [4.78, 5) is 0. The van der Waals surface area contributed by atoms with E-state index in [0.29, 0.717) is 0 Å². The zero-order valence-electron chi connectivity index (χ0n) is 7.85. The highest BCUT2D eigenvalue weighted by Gasteiger charge is 2.49. The average molecular weight is 251 g/mol. The molecule has 0 aromatic carbocycles. The first-order valence-corrected chi connectivity index (χ1v) is 5.78. The number of ether oxygens (including phenoxy) is 3. The van der Waals surface area contributed by atoms with E-state index in [2.05, 4.69) is 22.9 Å². The summed E-state index contributed by atoms with van der Waals surface area (Å²) in [6, 6.07) is 0. The maximum Gasteiger partial charge on any atom is 0.282 e. The number of hydrogen-bond acceptors (Lipinski definition) is 3. The third-order valence-corrected chi connectivity index (χ3v) is 3.10. The molecule has 0 spiro atoms. The van der Waals surface area contributed by atoms with Crippen LogP contribution in [-0.4, -0.2) is 31.1 Å². The van der Waals surface area contributed by atoms with Crippen molar-refractivity contribution in [1.82, 2.24) is 0 Å². The minimum Gasteiger partial charge on any atom is -0.327 e. The summed E-state index contributed by atoms with van der Waals surface area (Å²) >= 11 is 3.39. The minimum absolute atomic E-state index is 0.0795. The molecule has 76 valence electrons. The van der Waals surface area contributed by atoms with Crippen molar-refractivity contribution in [1.29, 1.82) is 0 Å². The van der Waals surface area contributed by atoms with Gasteiger partial charge < -0.3 is 14.2 Å². The number of rotatable bonds is 3. The van der Waals surface area contributed by atoms with Gasteiger partial charge in [-0.15, -0.1) is 0 Å². The van der Waals surface area contributed by atoms with Crippen molar-refractivity contribution in [3.05, 3.63) is 0 Å². The normalized spacial score (nSPS) is 43.8. The number of halogens is 1. The SMILES string of the molecule is CC12COC(CCCBr)(OC1)OC2. The summed E-state index contributed by atoms with van der Waals surface area (Å²) in [6.45, 7) is 4.40. The Morgan fingerprint density at radius 3 is 2.15 bits per heavy atom. The molecule has 3 saturated heterocycles. The number of alkyl halides is 1. The molecule has 3 rings (SSSR count). The van der Waals surface area contributed by atoms with Gasteiger partial charge in [0.2, 0.25) is 0 Å². The summed E-state index contributed by atoms with van der Waals surface area (Å²) in [6.07, 6.45) is 1.82. The van der Waals surface area contributed by atoms with Crippen LogP contribution in [0, 0.1) is 5.41 Å². The Morgan fingerprint density at radius 2 is 1.69 bits per heavy atom. The molecule has 0 N–H and O–H groups in total. The first-order valence-electron chi connectivity index (χ1n) is 4.66. The highest BCUT2D eigenvalue weighted by Crippen LogP contribution is 2.40. The van der Waals surface area contributed by atoms with Crippen LogP contribution in [0.3, 0.4) is 0 Å². The predicted octanol–water partition coefficient (Wildman–Crippen LogP) is 1.90. The summed E-state index contributed by atoms with van der Waals surface area (Å²) in [5.41, 5.74) is 0.0795. The number of hydrogen-bond donors (Lipinski definition) is 0. The van der Waals surface area contributed by atoms with E-state index in [1.807, 2.05) is 0 Å². The van der Waals surface area contributed by atoms with Crippen molar-refractivity contribution in [2.45, 2.75) is 25.7 Å². The Morgan fingerprint density at radius 1 is 1.15 bits per heavy atom. The second-order valence-electron chi connectivity index (χ2n) is 4.15. The van der Waals surface area contributed by atoms with Crippen molar-refractivity contribution < 1.29 is 14.2 Å². The van der Waals surface area contributed by atoms with Gasteiger partial charge in [-0.05, 0) is 6.42 Å². The van der Waals surface area contributed by atoms with Crippen molar-refractivity contribution in [3.63, 3.8) is 0 Å². The van der Waals surface area contributed by atoms with Gasteiger partial charge in [0.05, 0.1) is 19.8 Å². The highest BCUT2D eigenvalue weighted by atomic mass is 79.9. The lowest BCUT2D eigenvalue weighted by Crippen LogP contribution is -2.58. The fourth-order valence-corrected chi connectivity index (χ4v) is 1.88. The fourth-order valence-electron chi connectivity index (χ4n) is 1.60. The van der Waals surface area contributed by atoms with Gasteiger partial charge in [0.1, 0.15) is 0 Å². The van der Waals surface area contributed by atoms with Gasteiger partial charge in [-0.1, -0.05) is 22.9 Å². The van der Waals surface area contributed by atoms with Crippen LogP contribution in [0.1, 0.15) is 19.8 Å². The van der Waals surface area contributed by atoms with Gasteiger partial charge in [0.15, 0.2) is 0 Å². The third-order valence-electron chi connectivity index (χ3n) is 2.54. The topological polar surface area (TPSA) is 27.7 Å². The zero-order chi connectivity index (χ0) is 9.36. The molecule has 3 fully saturated rings. The van der Waals surface area contributed by atoms with E-state index in [4.69, 9.17) is 14.2 Å². The van der Waals surface area contributed by atoms with Crippen LogP contribution in [0.4, 0.5) is 0 Å². The molecule has 0 aliphatic carbocycles. The molecule has 13 heavy (non-hydrogen) atoms. The average Bonchev–Trinajstić information content (AvgIpc) is 2.18. The van der Waals surface area contributed by atoms with E-state index in [-0.39, 0.29) is 5.41 Å². The number of fused-ring (bicyclic) bond motifs is 3. The zero-order valence-corrected chi connectivity index (χ0v) is 9.43. The Kier molecular flexibility index (Phi) is 2.66. The van der Waals surface area contributed by atoms with E-state index in [0.717, 1.165) is 38.0 Å². The molecule has 2 bridgehead atoms. The van der Waals surface area contributed by atoms with Gasteiger partial charge in [-0.2, -0.15) is 0 Å². The Labute approximate surface area is 86.9 Å². The smallest absolute Gasteiger partial charge is 0.282 e. The van der Waals surface area contributed by atoms with Crippen LogP contribution in [0.25, 0.3) is 0 Å². The van der Waals surface area contributed by atoms with Gasteiger partial charge in [0, 0.05) is 17.2 Å². The molecule has 0 atom stereocenters. The lowest BCUT2D eigenvalue weighted by molar-refractivity contribution is -0.467. The van der Waals surface area contributed by atoms with Crippen LogP contribution in [0.15, 0.2) is 0 Å². The van der Waals surface area contributed by atoms with Crippen molar-refractivity contribution >= 4 is 15.9 Å². The van der Waals surface area contributed by atoms with Crippen LogP contribution < -0.4 is 0 Å². The molecule has 3 aliphatic rings. The molecule has 0 amide bonds. The van der Waals surface area contributed by atoms with Gasteiger partial charge in [0.25, 0.3) is 5.97 Å². The summed E-state index contributed by atoms with van der Waals surface area (Å²) in [7, 11) is 0. The van der Waals surface area contributed by atoms with E-state index in [9.17, 15) is 0 Å². The largest absolute Gasteiger partial charge is 0.327 e. The van der Waals surface area contributed by atoms with Crippen LogP contribution in [0.2, 0.25) is 0 Å². The van der Waals surface area contributed by atoms with Crippen LogP contribution >= 0.6 is 15.9 Å². The molecule has 0 aromatic rings. The second-order valence-corrected chi connectivity index (χ2v) is 4.95. The predicted molar refractivity (Wildman–Crippen MR) is 51.7 cm³/mol. The van der Waals surface area contributed by atoms with Crippen molar-refractivity contribution in [2.24, 2.45) is 5.41 Å². The highest BCUT2D eigenvalue weighted by molar-refractivity contribution is 9.09. The monoisotopic (exact) mass is 250 g/mol. The van der Waals surface area contributed by atoms with E-state index >= 15 is 0 Å². The lowest BCUT2D eigenvalue weighted by atomic mass is 9.91. The summed E-state index contributed by atoms with van der Waals surface area (Å²) in [5, 5.41) is 0.960. The van der Waals surface area contributed by atoms with Gasteiger partial charge >= 0.3 is 0 Å². The van der Waals surface area contributed by atoms with Crippen LogP contribution in [0.5, 0.6) is 0 Å². The Bertz CT molecular complexity index is 165. The fraction of sp³-hybridized carbons (Fsp3) is 1.00. The molecule has 3 heterocycles. The van der Waals surface area contributed by atoms with E-state index in [1.165, 1.54) is 0 Å². The second kappa shape index (κ2) is 3.50. The standard InChI is InChI=1S/C9H15BrO3/c1-8-5-11-9(12-6-8,13-7-8)3-2-4-10/h2-7H2,1H3.